The van der Waals surface area contributed by atoms with Crippen LogP contribution in [0.15, 0.2) is 28.7 Å². The van der Waals surface area contributed by atoms with Crippen LogP contribution in [0.1, 0.15) is 64.8 Å². The summed E-state index contributed by atoms with van der Waals surface area (Å²) >= 11 is 0. The molecule has 0 spiro atoms. The highest BCUT2D eigenvalue weighted by Gasteiger charge is 2.45. The fourth-order valence-corrected chi connectivity index (χ4v) is 3.68. The number of amides is 1. The maximum absolute atomic E-state index is 12.8. The number of rotatable bonds is 2. The van der Waals surface area contributed by atoms with Crippen molar-refractivity contribution in [3.63, 3.8) is 0 Å². The first-order valence-corrected chi connectivity index (χ1v) is 9.99. The number of ether oxygens (including phenoxy) is 3. The summed E-state index contributed by atoms with van der Waals surface area (Å²) in [4.78, 5) is 14.5. The number of hydrogen-bond acceptors (Lipinski definition) is 7. The molecule has 1 aromatic heterocycles. The second-order valence-electron chi connectivity index (χ2n) is 8.67. The van der Waals surface area contributed by atoms with Gasteiger partial charge in [-0.25, -0.2) is 4.79 Å². The zero-order valence-corrected chi connectivity index (χ0v) is 17.3. The van der Waals surface area contributed by atoms with E-state index in [1.165, 1.54) is 0 Å². The van der Waals surface area contributed by atoms with E-state index in [0.29, 0.717) is 29.8 Å². The fourth-order valence-electron chi connectivity index (χ4n) is 3.68. The lowest BCUT2D eigenvalue weighted by atomic mass is 9.88. The van der Waals surface area contributed by atoms with E-state index in [9.17, 15) is 4.79 Å². The third-order valence-electron chi connectivity index (χ3n) is 5.19. The summed E-state index contributed by atoms with van der Waals surface area (Å²) in [6.07, 6.45) is 1.73. The van der Waals surface area contributed by atoms with Gasteiger partial charge < -0.3 is 18.6 Å². The number of carbonyl (C=O) groups excluding carboxylic acids is 1. The molecule has 1 saturated heterocycles. The van der Waals surface area contributed by atoms with E-state index in [0.717, 1.165) is 19.3 Å². The highest BCUT2D eigenvalue weighted by molar-refractivity contribution is 5.69. The van der Waals surface area contributed by atoms with Gasteiger partial charge in [-0.3, -0.25) is 4.90 Å². The minimum atomic E-state index is -0.723. The minimum Gasteiger partial charge on any atom is -0.485 e. The molecule has 0 aliphatic carbocycles. The van der Waals surface area contributed by atoms with E-state index in [4.69, 9.17) is 18.6 Å². The Kier molecular flexibility index (Phi) is 4.88. The van der Waals surface area contributed by atoms with E-state index in [1.54, 1.807) is 4.90 Å². The number of nitrogens with zero attached hydrogens (tertiary/aromatic N) is 3. The highest BCUT2D eigenvalue weighted by Crippen LogP contribution is 2.40. The zero-order valence-electron chi connectivity index (χ0n) is 17.3. The maximum atomic E-state index is 12.8. The Bertz CT molecular complexity index is 890. The second kappa shape index (κ2) is 7.24. The number of carbonyl (C=O) groups is 1. The molecule has 29 heavy (non-hydrogen) atoms. The van der Waals surface area contributed by atoms with Gasteiger partial charge in [0.05, 0.1) is 0 Å². The summed E-state index contributed by atoms with van der Waals surface area (Å²) in [5, 5.41) is 8.47. The first kappa shape index (κ1) is 19.5. The van der Waals surface area contributed by atoms with E-state index in [1.807, 2.05) is 52.0 Å². The minimum absolute atomic E-state index is 0.283. The van der Waals surface area contributed by atoms with Gasteiger partial charge in [-0.15, -0.1) is 10.2 Å². The fraction of sp³-hybridized carbons (Fsp3) is 0.571. The predicted octanol–water partition coefficient (Wildman–Crippen LogP) is 4.22. The summed E-state index contributed by atoms with van der Waals surface area (Å²) < 4.78 is 23.3. The molecular weight excluding hydrogens is 374 g/mol. The van der Waals surface area contributed by atoms with E-state index >= 15 is 0 Å². The molecule has 2 aliphatic heterocycles. The first-order valence-electron chi connectivity index (χ1n) is 9.99. The Morgan fingerprint density at radius 3 is 2.72 bits per heavy atom. The van der Waals surface area contributed by atoms with Crippen LogP contribution >= 0.6 is 0 Å². The molecular formula is C21H27N3O5. The van der Waals surface area contributed by atoms with E-state index in [2.05, 4.69) is 10.2 Å². The lowest BCUT2D eigenvalue weighted by Crippen LogP contribution is -2.52. The third-order valence-corrected chi connectivity index (χ3v) is 5.19. The molecule has 0 unspecified atom stereocenters. The molecule has 0 radical (unpaired) electrons. The van der Waals surface area contributed by atoms with Crippen LogP contribution in [0.3, 0.4) is 0 Å². The van der Waals surface area contributed by atoms with E-state index < -0.39 is 17.2 Å². The summed E-state index contributed by atoms with van der Waals surface area (Å²) in [7, 11) is 0. The molecule has 0 saturated carbocycles. The second-order valence-corrected chi connectivity index (χ2v) is 8.67. The van der Waals surface area contributed by atoms with Gasteiger partial charge in [0.1, 0.15) is 17.7 Å². The summed E-state index contributed by atoms with van der Waals surface area (Å²) in [5.41, 5.74) is -1.30. The Balaban J connectivity index is 1.56. The summed E-state index contributed by atoms with van der Waals surface area (Å²) in [6, 6.07) is 7.46. The number of fused-ring (bicyclic) bond motifs is 1. The Labute approximate surface area is 170 Å². The highest BCUT2D eigenvalue weighted by atomic mass is 16.6. The van der Waals surface area contributed by atoms with Crippen molar-refractivity contribution in [3.8, 4) is 11.5 Å². The van der Waals surface area contributed by atoms with Crippen LogP contribution in [0.5, 0.6) is 11.5 Å². The average molecular weight is 401 g/mol. The lowest BCUT2D eigenvalue weighted by molar-refractivity contribution is -0.0211. The first-order chi connectivity index (χ1) is 13.8. The topological polar surface area (TPSA) is 86.9 Å². The number of aromatic nitrogens is 2. The van der Waals surface area contributed by atoms with Gasteiger partial charge in [-0.05, 0) is 59.1 Å². The van der Waals surface area contributed by atoms with Gasteiger partial charge >= 0.3 is 6.09 Å². The molecule has 2 aromatic rings. The van der Waals surface area contributed by atoms with Crippen LogP contribution in [0.4, 0.5) is 4.79 Å². The molecule has 4 rings (SSSR count). The van der Waals surface area contributed by atoms with Crippen molar-refractivity contribution in [2.75, 3.05) is 13.2 Å². The number of benzene rings is 1. The molecule has 156 valence electrons. The van der Waals surface area contributed by atoms with Gasteiger partial charge in [0.2, 0.25) is 12.0 Å². The molecule has 0 N–H and O–H groups in total. The van der Waals surface area contributed by atoms with Crippen molar-refractivity contribution in [2.45, 2.75) is 64.2 Å². The molecule has 2 atom stereocenters. The summed E-state index contributed by atoms with van der Waals surface area (Å²) in [6.45, 7) is 8.38. The van der Waals surface area contributed by atoms with Crippen LogP contribution < -0.4 is 9.47 Å². The number of likely N-dealkylation sites (tertiary alicyclic amines) is 1. The lowest BCUT2D eigenvalue weighted by Gasteiger charge is -2.42. The molecule has 0 bridgehead atoms. The van der Waals surface area contributed by atoms with Crippen LogP contribution in [0.25, 0.3) is 0 Å². The van der Waals surface area contributed by atoms with Crippen molar-refractivity contribution in [2.24, 2.45) is 0 Å². The molecule has 1 amide bonds. The Morgan fingerprint density at radius 2 is 1.97 bits per heavy atom. The normalized spacial score (nSPS) is 24.3. The van der Waals surface area contributed by atoms with Crippen molar-refractivity contribution in [1.82, 2.24) is 15.1 Å². The van der Waals surface area contributed by atoms with Crippen molar-refractivity contribution in [1.29, 1.82) is 0 Å². The zero-order chi connectivity index (χ0) is 20.6. The molecule has 8 heteroatoms. The molecule has 1 aromatic carbocycles. The number of hydrogen-bond donors (Lipinski definition) is 0. The monoisotopic (exact) mass is 401 g/mol. The van der Waals surface area contributed by atoms with Crippen molar-refractivity contribution < 1.29 is 23.4 Å². The van der Waals surface area contributed by atoms with Gasteiger partial charge in [0, 0.05) is 6.54 Å². The quantitative estimate of drug-likeness (QED) is 0.744. The Morgan fingerprint density at radius 1 is 1.21 bits per heavy atom. The average Bonchev–Trinajstić information content (AvgIpc) is 3.17. The predicted molar refractivity (Wildman–Crippen MR) is 104 cm³/mol. The third kappa shape index (κ3) is 3.88. The van der Waals surface area contributed by atoms with Crippen molar-refractivity contribution >= 4 is 6.09 Å². The molecule has 8 nitrogen and oxygen atoms in total. The van der Waals surface area contributed by atoms with Crippen LogP contribution in [0, 0.1) is 0 Å². The van der Waals surface area contributed by atoms with Crippen LogP contribution in [-0.4, -0.2) is 39.9 Å². The van der Waals surface area contributed by atoms with Gasteiger partial charge in [0.15, 0.2) is 11.5 Å². The van der Waals surface area contributed by atoms with E-state index in [-0.39, 0.29) is 12.7 Å². The maximum Gasteiger partial charge on any atom is 0.411 e. The number of piperidine rings is 1. The van der Waals surface area contributed by atoms with Crippen LogP contribution in [0.2, 0.25) is 0 Å². The molecule has 3 heterocycles. The standard InChI is InChI=1S/C21H27N3O5/c1-20(2,3)29-19(25)24-12-8-7-11-21(24,4)18-23-22-17(28-18)16-13-26-14-9-5-6-10-15(14)27-16/h5-6,9-10,16H,7-8,11-13H2,1-4H3/t16-,21-/m0/s1. The molecule has 2 aliphatic rings. The van der Waals surface area contributed by atoms with Gasteiger partial charge in [-0.1, -0.05) is 12.1 Å². The Hall–Kier alpha value is -2.77. The number of para-hydroxylation sites is 2. The largest absolute Gasteiger partial charge is 0.485 e. The SMILES string of the molecule is CC(C)(C)OC(=O)N1CCCC[C@@]1(C)c1nnc([C@@H]2COc3ccccc3O2)o1. The molecule has 1 fully saturated rings. The smallest absolute Gasteiger partial charge is 0.411 e. The summed E-state index contributed by atoms with van der Waals surface area (Å²) in [5.74, 6) is 2.06. The van der Waals surface area contributed by atoms with Gasteiger partial charge in [-0.2, -0.15) is 0 Å². The van der Waals surface area contributed by atoms with Crippen LogP contribution in [-0.2, 0) is 10.3 Å². The van der Waals surface area contributed by atoms with Gasteiger partial charge in [0.25, 0.3) is 5.89 Å². The van der Waals surface area contributed by atoms with Crippen molar-refractivity contribution in [3.05, 3.63) is 36.0 Å².